The minimum absolute atomic E-state index is 0.0948. The third kappa shape index (κ3) is 4.34. The largest absolute Gasteiger partial charge is 0.495 e. The van der Waals surface area contributed by atoms with Crippen molar-refractivity contribution in [3.8, 4) is 5.75 Å². The van der Waals surface area contributed by atoms with Crippen LogP contribution < -0.4 is 20.9 Å². The van der Waals surface area contributed by atoms with Crippen LogP contribution in [0.4, 0.5) is 5.69 Å². The van der Waals surface area contributed by atoms with Crippen LogP contribution in [0, 0.1) is 0 Å². The molecule has 1 fully saturated rings. The van der Waals surface area contributed by atoms with Crippen LogP contribution >= 0.6 is 0 Å². The van der Waals surface area contributed by atoms with E-state index in [1.54, 1.807) is 7.11 Å². The molecule has 116 valence electrons. The summed E-state index contributed by atoms with van der Waals surface area (Å²) in [6, 6.07) is 8.12. The fourth-order valence-corrected chi connectivity index (χ4v) is 2.64. The third-order valence-electron chi connectivity index (χ3n) is 3.84. The predicted octanol–water partition coefficient (Wildman–Crippen LogP) is 0.587. The molecule has 6 nitrogen and oxygen atoms in total. The molecule has 0 aromatic heterocycles. The standard InChI is InChI=1S/C15H24N4O2/c1-21-14-6-3-2-5-13(14)19-11-9-18(10-12-19)8-4-7-15(20)17-16/h2-3,5-6H,4,7-12,16H2,1H3,(H,17,20). The first kappa shape index (κ1) is 15.6. The lowest BCUT2D eigenvalue weighted by Crippen LogP contribution is -2.46. The highest BCUT2D eigenvalue weighted by atomic mass is 16.5. The van der Waals surface area contributed by atoms with Crippen molar-refractivity contribution < 1.29 is 9.53 Å². The topological polar surface area (TPSA) is 70.8 Å². The Morgan fingerprint density at radius 3 is 2.67 bits per heavy atom. The maximum Gasteiger partial charge on any atom is 0.233 e. The number of piperazine rings is 1. The van der Waals surface area contributed by atoms with E-state index in [0.29, 0.717) is 6.42 Å². The number of amides is 1. The SMILES string of the molecule is COc1ccccc1N1CCN(CCCC(=O)NN)CC1. The zero-order valence-electron chi connectivity index (χ0n) is 12.5. The second-order valence-corrected chi connectivity index (χ2v) is 5.17. The van der Waals surface area contributed by atoms with E-state index in [1.165, 1.54) is 0 Å². The Labute approximate surface area is 125 Å². The van der Waals surface area contributed by atoms with E-state index in [9.17, 15) is 4.79 Å². The number of nitrogens with two attached hydrogens (primary N) is 1. The first-order valence-electron chi connectivity index (χ1n) is 7.34. The highest BCUT2D eigenvalue weighted by molar-refractivity contribution is 5.75. The molecule has 1 aliphatic rings. The maximum absolute atomic E-state index is 11.1. The quantitative estimate of drug-likeness (QED) is 0.456. The fraction of sp³-hybridized carbons (Fsp3) is 0.533. The van der Waals surface area contributed by atoms with Gasteiger partial charge in [0.05, 0.1) is 12.8 Å². The molecule has 2 rings (SSSR count). The second kappa shape index (κ2) is 7.85. The number of para-hydroxylation sites is 2. The van der Waals surface area contributed by atoms with Gasteiger partial charge in [0.15, 0.2) is 0 Å². The van der Waals surface area contributed by atoms with Gasteiger partial charge in [-0.2, -0.15) is 0 Å². The Balaban J connectivity index is 1.79. The normalized spacial score (nSPS) is 15.8. The number of rotatable bonds is 6. The van der Waals surface area contributed by atoms with E-state index >= 15 is 0 Å². The molecule has 1 saturated heterocycles. The highest BCUT2D eigenvalue weighted by Crippen LogP contribution is 2.28. The van der Waals surface area contributed by atoms with Crippen molar-refractivity contribution in [1.82, 2.24) is 10.3 Å². The number of carbonyl (C=O) groups is 1. The van der Waals surface area contributed by atoms with E-state index in [-0.39, 0.29) is 5.91 Å². The maximum atomic E-state index is 11.1. The van der Waals surface area contributed by atoms with Crippen LogP contribution in [0.25, 0.3) is 0 Å². The number of carbonyl (C=O) groups excluding carboxylic acids is 1. The summed E-state index contributed by atoms with van der Waals surface area (Å²) in [6.07, 6.45) is 1.33. The molecular formula is C15H24N4O2. The molecule has 21 heavy (non-hydrogen) atoms. The zero-order valence-corrected chi connectivity index (χ0v) is 12.5. The average molecular weight is 292 g/mol. The molecule has 1 heterocycles. The van der Waals surface area contributed by atoms with Gasteiger partial charge in [-0.3, -0.25) is 15.1 Å². The monoisotopic (exact) mass is 292 g/mol. The molecule has 1 amide bonds. The second-order valence-electron chi connectivity index (χ2n) is 5.17. The molecule has 0 atom stereocenters. The number of nitrogens with zero attached hydrogens (tertiary/aromatic N) is 2. The van der Waals surface area contributed by atoms with Crippen molar-refractivity contribution in [2.75, 3.05) is 44.7 Å². The number of nitrogens with one attached hydrogen (secondary N) is 1. The van der Waals surface area contributed by atoms with Crippen LogP contribution in [-0.4, -0.2) is 50.6 Å². The van der Waals surface area contributed by atoms with Crippen molar-refractivity contribution in [1.29, 1.82) is 0 Å². The number of anilines is 1. The van der Waals surface area contributed by atoms with Crippen LogP contribution in [0.15, 0.2) is 24.3 Å². The summed E-state index contributed by atoms with van der Waals surface area (Å²) in [5.41, 5.74) is 3.32. The Kier molecular flexibility index (Phi) is 5.83. The van der Waals surface area contributed by atoms with E-state index < -0.39 is 0 Å². The Morgan fingerprint density at radius 1 is 1.29 bits per heavy atom. The van der Waals surface area contributed by atoms with E-state index in [1.807, 2.05) is 18.2 Å². The van der Waals surface area contributed by atoms with Gasteiger partial charge in [-0.15, -0.1) is 0 Å². The summed E-state index contributed by atoms with van der Waals surface area (Å²) in [7, 11) is 1.71. The lowest BCUT2D eigenvalue weighted by molar-refractivity contribution is -0.121. The molecule has 6 heteroatoms. The molecule has 3 N–H and O–H groups in total. The lowest BCUT2D eigenvalue weighted by atomic mass is 10.2. The molecule has 1 aliphatic heterocycles. The minimum Gasteiger partial charge on any atom is -0.495 e. The number of benzene rings is 1. The van der Waals surface area contributed by atoms with Crippen LogP contribution in [0.1, 0.15) is 12.8 Å². The van der Waals surface area contributed by atoms with Crippen LogP contribution in [-0.2, 0) is 4.79 Å². The fourth-order valence-electron chi connectivity index (χ4n) is 2.64. The van der Waals surface area contributed by atoms with Crippen molar-refractivity contribution in [2.45, 2.75) is 12.8 Å². The van der Waals surface area contributed by atoms with Gasteiger partial charge in [-0.25, -0.2) is 5.84 Å². The van der Waals surface area contributed by atoms with Crippen LogP contribution in [0.5, 0.6) is 5.75 Å². The number of hydrogen-bond acceptors (Lipinski definition) is 5. The highest BCUT2D eigenvalue weighted by Gasteiger charge is 2.19. The van der Waals surface area contributed by atoms with Gasteiger partial charge in [-0.05, 0) is 25.1 Å². The Morgan fingerprint density at radius 2 is 2.00 bits per heavy atom. The average Bonchev–Trinajstić information content (AvgIpc) is 2.55. The number of methoxy groups -OCH3 is 1. The lowest BCUT2D eigenvalue weighted by Gasteiger charge is -2.36. The minimum atomic E-state index is -0.0948. The molecule has 0 saturated carbocycles. The summed E-state index contributed by atoms with van der Waals surface area (Å²) in [5.74, 6) is 5.90. The number of hydrogen-bond donors (Lipinski definition) is 2. The zero-order chi connectivity index (χ0) is 15.1. The van der Waals surface area contributed by atoms with E-state index in [4.69, 9.17) is 10.6 Å². The van der Waals surface area contributed by atoms with Crippen molar-refractivity contribution in [3.05, 3.63) is 24.3 Å². The third-order valence-corrected chi connectivity index (χ3v) is 3.84. The smallest absolute Gasteiger partial charge is 0.233 e. The molecule has 1 aromatic rings. The first-order valence-corrected chi connectivity index (χ1v) is 7.34. The molecule has 0 radical (unpaired) electrons. The van der Waals surface area contributed by atoms with E-state index in [2.05, 4.69) is 21.3 Å². The molecule has 0 aliphatic carbocycles. The van der Waals surface area contributed by atoms with Crippen molar-refractivity contribution >= 4 is 11.6 Å². The summed E-state index contributed by atoms with van der Waals surface area (Å²) in [6.45, 7) is 4.89. The summed E-state index contributed by atoms with van der Waals surface area (Å²) < 4.78 is 5.42. The van der Waals surface area contributed by atoms with Gasteiger partial charge in [0.2, 0.25) is 5.91 Å². The Hall–Kier alpha value is -1.79. The van der Waals surface area contributed by atoms with Crippen molar-refractivity contribution in [3.63, 3.8) is 0 Å². The summed E-state index contributed by atoms with van der Waals surface area (Å²) >= 11 is 0. The molecule has 1 aromatic carbocycles. The van der Waals surface area contributed by atoms with Crippen LogP contribution in [0.2, 0.25) is 0 Å². The van der Waals surface area contributed by atoms with Crippen molar-refractivity contribution in [2.24, 2.45) is 5.84 Å². The molecular weight excluding hydrogens is 268 g/mol. The number of hydrazine groups is 1. The van der Waals surface area contributed by atoms with Gasteiger partial charge in [0, 0.05) is 32.6 Å². The Bertz CT molecular complexity index is 459. The summed E-state index contributed by atoms with van der Waals surface area (Å²) in [5, 5.41) is 0. The van der Waals surface area contributed by atoms with Crippen LogP contribution in [0.3, 0.4) is 0 Å². The van der Waals surface area contributed by atoms with Gasteiger partial charge in [0.1, 0.15) is 5.75 Å². The van der Waals surface area contributed by atoms with E-state index in [0.717, 1.165) is 50.6 Å². The molecule has 0 bridgehead atoms. The van der Waals surface area contributed by atoms with Gasteiger partial charge >= 0.3 is 0 Å². The van der Waals surface area contributed by atoms with Gasteiger partial charge in [-0.1, -0.05) is 12.1 Å². The first-order chi connectivity index (χ1) is 10.2. The van der Waals surface area contributed by atoms with Gasteiger partial charge < -0.3 is 9.64 Å². The van der Waals surface area contributed by atoms with Gasteiger partial charge in [0.25, 0.3) is 0 Å². The summed E-state index contributed by atoms with van der Waals surface area (Å²) in [4.78, 5) is 15.8. The number of ether oxygens (including phenoxy) is 1. The molecule has 0 spiro atoms. The molecule has 0 unspecified atom stereocenters. The predicted molar refractivity (Wildman–Crippen MR) is 83.2 cm³/mol.